The van der Waals surface area contributed by atoms with Gasteiger partial charge in [0.2, 0.25) is 5.91 Å². The number of nitrogens with one attached hydrogen (secondary N) is 1. The fraction of sp³-hybridized carbons (Fsp3) is 0.357. The highest BCUT2D eigenvalue weighted by Gasteiger charge is 2.30. The lowest BCUT2D eigenvalue weighted by atomic mass is 10.1. The first kappa shape index (κ1) is 14.2. The third-order valence-electron chi connectivity index (χ3n) is 3.65. The highest BCUT2D eigenvalue weighted by atomic mass is 16.2. The summed E-state index contributed by atoms with van der Waals surface area (Å²) in [5.74, 6) is -0.275. The molecular formula is C14H16N6O2. The molecule has 2 aromatic rings. The van der Waals surface area contributed by atoms with Crippen LogP contribution in [0.15, 0.2) is 30.9 Å². The lowest BCUT2D eigenvalue weighted by Gasteiger charge is -2.33. The van der Waals surface area contributed by atoms with Crippen molar-refractivity contribution in [3.63, 3.8) is 0 Å². The number of rotatable bonds is 3. The van der Waals surface area contributed by atoms with Gasteiger partial charge in [0, 0.05) is 32.2 Å². The molecule has 0 unspecified atom stereocenters. The van der Waals surface area contributed by atoms with E-state index in [-0.39, 0.29) is 24.3 Å². The van der Waals surface area contributed by atoms with E-state index in [2.05, 4.69) is 20.4 Å². The molecule has 2 amide bonds. The number of amides is 2. The Kier molecular flexibility index (Phi) is 3.82. The second-order valence-electron chi connectivity index (χ2n) is 5.07. The lowest BCUT2D eigenvalue weighted by Crippen LogP contribution is -2.43. The number of hydrogen-bond donors (Lipinski definition) is 1. The number of carbonyl (C=O) groups excluding carboxylic acids is 2. The molecule has 0 spiro atoms. The van der Waals surface area contributed by atoms with E-state index in [1.54, 1.807) is 18.1 Å². The summed E-state index contributed by atoms with van der Waals surface area (Å²) in [6, 6.07) is 1.67. The van der Waals surface area contributed by atoms with Crippen molar-refractivity contribution in [2.75, 3.05) is 13.6 Å². The standard InChI is InChI=1S/C14H16N6O2/c1-15-13(21)6-11-9-19(8-10-2-3-18-20(10)11)14(22)12-7-16-4-5-17-12/h2-5,7,11H,6,8-9H2,1H3,(H,15,21)/t11-/m1/s1. The quantitative estimate of drug-likeness (QED) is 0.861. The third kappa shape index (κ3) is 2.67. The average molecular weight is 300 g/mol. The SMILES string of the molecule is CNC(=O)C[C@@H]1CN(C(=O)c2cnccn2)Cc2ccnn21. The minimum absolute atomic E-state index is 0.0831. The van der Waals surface area contributed by atoms with E-state index in [0.29, 0.717) is 18.8 Å². The molecule has 22 heavy (non-hydrogen) atoms. The van der Waals surface area contributed by atoms with Crippen LogP contribution in [-0.4, -0.2) is 50.1 Å². The molecule has 0 aliphatic carbocycles. The van der Waals surface area contributed by atoms with Gasteiger partial charge in [-0.3, -0.25) is 19.3 Å². The summed E-state index contributed by atoms with van der Waals surface area (Å²) >= 11 is 0. The van der Waals surface area contributed by atoms with Gasteiger partial charge in [0.05, 0.1) is 30.9 Å². The van der Waals surface area contributed by atoms with Crippen LogP contribution in [0.25, 0.3) is 0 Å². The summed E-state index contributed by atoms with van der Waals surface area (Å²) in [6.45, 7) is 0.858. The van der Waals surface area contributed by atoms with Crippen LogP contribution in [0.2, 0.25) is 0 Å². The van der Waals surface area contributed by atoms with Crippen molar-refractivity contribution in [3.8, 4) is 0 Å². The Balaban J connectivity index is 1.84. The van der Waals surface area contributed by atoms with Gasteiger partial charge in [0.1, 0.15) is 5.69 Å². The zero-order valence-corrected chi connectivity index (χ0v) is 12.1. The van der Waals surface area contributed by atoms with Crippen molar-refractivity contribution in [2.45, 2.75) is 19.0 Å². The number of nitrogens with zero attached hydrogens (tertiary/aromatic N) is 5. The smallest absolute Gasteiger partial charge is 0.274 e. The molecule has 8 heteroatoms. The van der Waals surface area contributed by atoms with Crippen molar-refractivity contribution in [2.24, 2.45) is 0 Å². The van der Waals surface area contributed by atoms with Gasteiger partial charge < -0.3 is 10.2 Å². The Morgan fingerprint density at radius 3 is 2.95 bits per heavy atom. The van der Waals surface area contributed by atoms with Crippen molar-refractivity contribution in [3.05, 3.63) is 42.2 Å². The summed E-state index contributed by atoms with van der Waals surface area (Å²) in [7, 11) is 1.59. The first-order chi connectivity index (χ1) is 10.7. The first-order valence-electron chi connectivity index (χ1n) is 6.97. The van der Waals surface area contributed by atoms with Crippen LogP contribution in [0.1, 0.15) is 28.6 Å². The summed E-state index contributed by atoms with van der Waals surface area (Å²) in [6.07, 6.45) is 6.42. The minimum atomic E-state index is -0.192. The molecule has 2 aromatic heterocycles. The van der Waals surface area contributed by atoms with Crippen molar-refractivity contribution < 1.29 is 9.59 Å². The fourth-order valence-electron chi connectivity index (χ4n) is 2.58. The van der Waals surface area contributed by atoms with E-state index < -0.39 is 0 Å². The first-order valence-corrected chi connectivity index (χ1v) is 6.97. The molecule has 8 nitrogen and oxygen atoms in total. The Labute approximate surface area is 127 Å². The van der Waals surface area contributed by atoms with Gasteiger partial charge in [-0.05, 0) is 6.07 Å². The van der Waals surface area contributed by atoms with Crippen LogP contribution in [0.4, 0.5) is 0 Å². The van der Waals surface area contributed by atoms with Crippen LogP contribution in [0, 0.1) is 0 Å². The van der Waals surface area contributed by atoms with Crippen molar-refractivity contribution in [1.82, 2.24) is 30.0 Å². The molecule has 1 N–H and O–H groups in total. The molecular weight excluding hydrogens is 284 g/mol. The maximum atomic E-state index is 12.5. The molecule has 0 saturated heterocycles. The second kappa shape index (κ2) is 5.92. The number of hydrogen-bond acceptors (Lipinski definition) is 5. The lowest BCUT2D eigenvalue weighted by molar-refractivity contribution is -0.121. The number of aromatic nitrogens is 4. The van der Waals surface area contributed by atoms with Crippen LogP contribution < -0.4 is 5.32 Å². The molecule has 0 saturated carbocycles. The van der Waals surface area contributed by atoms with Crippen LogP contribution >= 0.6 is 0 Å². The van der Waals surface area contributed by atoms with E-state index in [1.807, 2.05) is 10.7 Å². The van der Waals surface area contributed by atoms with E-state index >= 15 is 0 Å². The molecule has 1 aliphatic rings. The molecule has 114 valence electrons. The maximum Gasteiger partial charge on any atom is 0.274 e. The van der Waals surface area contributed by atoms with Crippen LogP contribution in [0.5, 0.6) is 0 Å². The average Bonchev–Trinajstić information content (AvgIpc) is 3.03. The largest absolute Gasteiger partial charge is 0.359 e. The van der Waals surface area contributed by atoms with Crippen LogP contribution in [0.3, 0.4) is 0 Å². The monoisotopic (exact) mass is 300 g/mol. The minimum Gasteiger partial charge on any atom is -0.359 e. The van der Waals surface area contributed by atoms with Gasteiger partial charge in [0.25, 0.3) is 5.91 Å². The van der Waals surface area contributed by atoms with Gasteiger partial charge in [0.15, 0.2) is 0 Å². The van der Waals surface area contributed by atoms with Gasteiger partial charge in [-0.25, -0.2) is 4.98 Å². The molecule has 0 radical (unpaired) electrons. The van der Waals surface area contributed by atoms with Gasteiger partial charge in [-0.2, -0.15) is 5.10 Å². The van der Waals surface area contributed by atoms with Gasteiger partial charge in [-0.1, -0.05) is 0 Å². The van der Waals surface area contributed by atoms with E-state index in [1.165, 1.54) is 18.6 Å². The van der Waals surface area contributed by atoms with E-state index in [4.69, 9.17) is 0 Å². The Morgan fingerprint density at radius 1 is 1.36 bits per heavy atom. The number of carbonyl (C=O) groups is 2. The molecule has 0 aromatic carbocycles. The molecule has 3 heterocycles. The Morgan fingerprint density at radius 2 is 2.23 bits per heavy atom. The third-order valence-corrected chi connectivity index (χ3v) is 3.65. The number of fused-ring (bicyclic) bond motifs is 1. The summed E-state index contributed by atoms with van der Waals surface area (Å²) in [5.41, 5.74) is 1.20. The highest BCUT2D eigenvalue weighted by molar-refractivity contribution is 5.92. The van der Waals surface area contributed by atoms with Crippen LogP contribution in [-0.2, 0) is 11.3 Å². The van der Waals surface area contributed by atoms with Gasteiger partial charge >= 0.3 is 0 Å². The summed E-state index contributed by atoms with van der Waals surface area (Å²) < 4.78 is 1.82. The Bertz CT molecular complexity index is 684. The molecule has 3 rings (SSSR count). The predicted molar refractivity (Wildman–Crippen MR) is 76.7 cm³/mol. The summed E-state index contributed by atoms with van der Waals surface area (Å²) in [5, 5.41) is 6.87. The van der Waals surface area contributed by atoms with Gasteiger partial charge in [-0.15, -0.1) is 0 Å². The normalized spacial score (nSPS) is 17.0. The predicted octanol–water partition coefficient (Wildman–Crippen LogP) is 0.00630. The highest BCUT2D eigenvalue weighted by Crippen LogP contribution is 2.23. The van der Waals surface area contributed by atoms with Crippen molar-refractivity contribution in [1.29, 1.82) is 0 Å². The molecule has 1 atom stereocenters. The zero-order chi connectivity index (χ0) is 15.5. The van der Waals surface area contributed by atoms with Crippen molar-refractivity contribution >= 4 is 11.8 Å². The van der Waals surface area contributed by atoms with E-state index in [9.17, 15) is 9.59 Å². The summed E-state index contributed by atoms with van der Waals surface area (Å²) in [4.78, 5) is 33.8. The Hall–Kier alpha value is -2.77. The molecule has 1 aliphatic heterocycles. The fourth-order valence-corrected chi connectivity index (χ4v) is 2.58. The topological polar surface area (TPSA) is 93.0 Å². The maximum absolute atomic E-state index is 12.5. The zero-order valence-electron chi connectivity index (χ0n) is 12.1. The second-order valence-corrected chi connectivity index (χ2v) is 5.07. The van der Waals surface area contributed by atoms with E-state index in [0.717, 1.165) is 5.69 Å². The molecule has 0 bridgehead atoms. The molecule has 0 fully saturated rings.